The lowest BCUT2D eigenvalue weighted by molar-refractivity contribution is -0.384. The molecule has 7 heteroatoms. The molecule has 1 aromatic carbocycles. The van der Waals surface area contributed by atoms with Crippen molar-refractivity contribution in [1.29, 1.82) is 0 Å². The maximum absolute atomic E-state index is 13.7. The second-order valence-electron chi connectivity index (χ2n) is 5.74. The predicted octanol–water partition coefficient (Wildman–Crippen LogP) is 2.23. The first-order valence-corrected chi connectivity index (χ1v) is 6.65. The van der Waals surface area contributed by atoms with Gasteiger partial charge >= 0.3 is 0 Å². The molecule has 0 aliphatic carbocycles. The van der Waals surface area contributed by atoms with Crippen LogP contribution in [0.25, 0.3) is 0 Å². The Kier molecular flexibility index (Phi) is 5.37. The molecule has 116 valence electrons. The van der Waals surface area contributed by atoms with Crippen molar-refractivity contribution < 1.29 is 14.1 Å². The molecule has 0 saturated carbocycles. The summed E-state index contributed by atoms with van der Waals surface area (Å²) in [7, 11) is 0. The summed E-state index contributed by atoms with van der Waals surface area (Å²) in [6, 6.07) is 2.86. The van der Waals surface area contributed by atoms with E-state index >= 15 is 0 Å². The third-order valence-corrected chi connectivity index (χ3v) is 3.13. The summed E-state index contributed by atoms with van der Waals surface area (Å²) >= 11 is 0. The SMILES string of the molecule is CC(C)CC(C)(CN)NC(=O)c1cc([N+](=O)[O-])ccc1F. The number of hydrogen-bond donors (Lipinski definition) is 2. The topological polar surface area (TPSA) is 98.3 Å². The fraction of sp³-hybridized carbons (Fsp3) is 0.500. The van der Waals surface area contributed by atoms with Crippen molar-refractivity contribution in [3.05, 3.63) is 39.7 Å². The van der Waals surface area contributed by atoms with Gasteiger partial charge in [0.15, 0.2) is 0 Å². The summed E-state index contributed by atoms with van der Waals surface area (Å²) in [4.78, 5) is 22.2. The third-order valence-electron chi connectivity index (χ3n) is 3.13. The van der Waals surface area contributed by atoms with E-state index in [9.17, 15) is 19.3 Å². The van der Waals surface area contributed by atoms with Gasteiger partial charge in [-0.25, -0.2) is 4.39 Å². The molecule has 0 radical (unpaired) electrons. The van der Waals surface area contributed by atoms with Crippen molar-refractivity contribution in [1.82, 2.24) is 5.32 Å². The van der Waals surface area contributed by atoms with Gasteiger partial charge in [-0.2, -0.15) is 0 Å². The molecule has 21 heavy (non-hydrogen) atoms. The summed E-state index contributed by atoms with van der Waals surface area (Å²) in [6.45, 7) is 5.91. The molecule has 0 aliphatic heterocycles. The summed E-state index contributed by atoms with van der Waals surface area (Å²) in [5.74, 6) is -1.22. The Labute approximate surface area is 122 Å². The smallest absolute Gasteiger partial charge is 0.270 e. The average Bonchev–Trinajstić information content (AvgIpc) is 2.37. The molecule has 0 spiro atoms. The summed E-state index contributed by atoms with van der Waals surface area (Å²) in [5, 5.41) is 13.4. The fourth-order valence-electron chi connectivity index (χ4n) is 2.23. The number of nitrogens with zero attached hydrogens (tertiary/aromatic N) is 1. The van der Waals surface area contributed by atoms with E-state index in [4.69, 9.17) is 5.73 Å². The molecular formula is C14H20FN3O3. The molecule has 0 saturated heterocycles. The lowest BCUT2D eigenvalue weighted by Gasteiger charge is -2.31. The van der Waals surface area contributed by atoms with Crippen LogP contribution in [0.5, 0.6) is 0 Å². The van der Waals surface area contributed by atoms with Gasteiger partial charge in [0.1, 0.15) is 5.82 Å². The molecule has 1 unspecified atom stereocenters. The Morgan fingerprint density at radius 3 is 2.62 bits per heavy atom. The first-order chi connectivity index (χ1) is 9.68. The van der Waals surface area contributed by atoms with Crippen LogP contribution in [-0.2, 0) is 0 Å². The van der Waals surface area contributed by atoms with Crippen LogP contribution in [0.3, 0.4) is 0 Å². The quantitative estimate of drug-likeness (QED) is 0.621. The molecule has 0 heterocycles. The minimum atomic E-state index is -0.804. The van der Waals surface area contributed by atoms with Crippen LogP contribution in [0.1, 0.15) is 37.6 Å². The van der Waals surface area contributed by atoms with Crippen molar-refractivity contribution in [2.45, 2.75) is 32.7 Å². The van der Waals surface area contributed by atoms with Crippen molar-refractivity contribution in [3.63, 3.8) is 0 Å². The van der Waals surface area contributed by atoms with Gasteiger partial charge in [0.25, 0.3) is 11.6 Å². The molecule has 0 aromatic heterocycles. The van der Waals surface area contributed by atoms with Gasteiger partial charge in [-0.3, -0.25) is 14.9 Å². The molecule has 6 nitrogen and oxygen atoms in total. The Bertz CT molecular complexity index is 548. The second-order valence-corrected chi connectivity index (χ2v) is 5.74. The summed E-state index contributed by atoms with van der Waals surface area (Å²) in [6.07, 6.45) is 0.617. The van der Waals surface area contributed by atoms with E-state index in [2.05, 4.69) is 5.32 Å². The molecule has 0 bridgehead atoms. The van der Waals surface area contributed by atoms with E-state index in [1.807, 2.05) is 13.8 Å². The number of rotatable bonds is 6. The number of halogens is 1. The summed E-state index contributed by atoms with van der Waals surface area (Å²) in [5.41, 5.74) is 4.30. The van der Waals surface area contributed by atoms with Crippen LogP contribution in [0.2, 0.25) is 0 Å². The Morgan fingerprint density at radius 2 is 2.14 bits per heavy atom. The Hall–Kier alpha value is -2.02. The maximum Gasteiger partial charge on any atom is 0.270 e. The number of non-ortho nitro benzene ring substituents is 1. The van der Waals surface area contributed by atoms with Crippen molar-refractivity contribution in [2.24, 2.45) is 11.7 Å². The van der Waals surface area contributed by atoms with Crippen molar-refractivity contribution in [3.8, 4) is 0 Å². The molecule has 0 aliphatic rings. The van der Waals surface area contributed by atoms with E-state index in [1.165, 1.54) is 0 Å². The van der Waals surface area contributed by atoms with Crippen LogP contribution in [-0.4, -0.2) is 22.9 Å². The van der Waals surface area contributed by atoms with Gasteiger partial charge in [-0.1, -0.05) is 13.8 Å². The van der Waals surface area contributed by atoms with Crippen LogP contribution >= 0.6 is 0 Å². The largest absolute Gasteiger partial charge is 0.346 e. The lowest BCUT2D eigenvalue weighted by atomic mass is 9.90. The van der Waals surface area contributed by atoms with Gasteiger partial charge in [-0.15, -0.1) is 0 Å². The molecule has 1 amide bonds. The van der Waals surface area contributed by atoms with E-state index < -0.39 is 22.2 Å². The van der Waals surface area contributed by atoms with Crippen molar-refractivity contribution >= 4 is 11.6 Å². The normalized spacial score (nSPS) is 13.8. The second kappa shape index (κ2) is 6.62. The number of nitrogens with one attached hydrogen (secondary N) is 1. The minimum absolute atomic E-state index is 0.188. The van der Waals surface area contributed by atoms with Gasteiger partial charge in [-0.05, 0) is 25.3 Å². The molecule has 1 aromatic rings. The third kappa shape index (κ3) is 4.49. The molecule has 1 rings (SSSR count). The molecule has 1 atom stereocenters. The number of nitro benzene ring substituents is 1. The number of hydrogen-bond acceptors (Lipinski definition) is 4. The van der Waals surface area contributed by atoms with Gasteiger partial charge < -0.3 is 11.1 Å². The van der Waals surface area contributed by atoms with Crippen LogP contribution in [0.4, 0.5) is 10.1 Å². The van der Waals surface area contributed by atoms with E-state index in [-0.39, 0.29) is 23.7 Å². The minimum Gasteiger partial charge on any atom is -0.346 e. The maximum atomic E-state index is 13.7. The zero-order chi connectivity index (χ0) is 16.2. The fourth-order valence-corrected chi connectivity index (χ4v) is 2.23. The number of nitrogens with two attached hydrogens (primary N) is 1. The monoisotopic (exact) mass is 297 g/mol. The number of amides is 1. The standard InChI is InChI=1S/C14H20FN3O3/c1-9(2)7-14(3,8-16)17-13(19)11-6-10(18(20)21)4-5-12(11)15/h4-6,9H,7-8,16H2,1-3H3,(H,17,19). The van der Waals surface area contributed by atoms with Gasteiger partial charge in [0, 0.05) is 24.2 Å². The van der Waals surface area contributed by atoms with Crippen molar-refractivity contribution in [2.75, 3.05) is 6.54 Å². The zero-order valence-electron chi connectivity index (χ0n) is 12.4. The average molecular weight is 297 g/mol. The highest BCUT2D eigenvalue weighted by Crippen LogP contribution is 2.20. The highest BCUT2D eigenvalue weighted by molar-refractivity contribution is 5.95. The van der Waals surface area contributed by atoms with E-state index in [0.717, 1.165) is 18.2 Å². The zero-order valence-corrected chi connectivity index (χ0v) is 12.4. The summed E-state index contributed by atoms with van der Waals surface area (Å²) < 4.78 is 13.7. The van der Waals surface area contributed by atoms with Crippen LogP contribution in [0.15, 0.2) is 18.2 Å². The number of carbonyl (C=O) groups excluding carboxylic acids is 1. The van der Waals surface area contributed by atoms with Gasteiger partial charge in [0.05, 0.1) is 10.5 Å². The predicted molar refractivity (Wildman–Crippen MR) is 77.4 cm³/mol. The first-order valence-electron chi connectivity index (χ1n) is 6.65. The first kappa shape index (κ1) is 17.0. The number of carbonyl (C=O) groups is 1. The highest BCUT2D eigenvalue weighted by Gasteiger charge is 2.28. The molecule has 0 fully saturated rings. The van der Waals surface area contributed by atoms with E-state index in [1.54, 1.807) is 6.92 Å². The molecular weight excluding hydrogens is 277 g/mol. The Balaban J connectivity index is 3.03. The number of benzene rings is 1. The molecule has 3 N–H and O–H groups in total. The lowest BCUT2D eigenvalue weighted by Crippen LogP contribution is -2.52. The van der Waals surface area contributed by atoms with Gasteiger partial charge in [0.2, 0.25) is 0 Å². The van der Waals surface area contributed by atoms with Crippen LogP contribution in [0, 0.1) is 21.8 Å². The number of nitro groups is 1. The van der Waals surface area contributed by atoms with Crippen LogP contribution < -0.4 is 11.1 Å². The highest BCUT2D eigenvalue weighted by atomic mass is 19.1. The Morgan fingerprint density at radius 1 is 1.52 bits per heavy atom. The van der Waals surface area contributed by atoms with E-state index in [0.29, 0.717) is 6.42 Å².